The van der Waals surface area contributed by atoms with Crippen molar-refractivity contribution in [3.63, 3.8) is 0 Å². The second-order valence-corrected chi connectivity index (χ2v) is 6.82. The fourth-order valence-electron chi connectivity index (χ4n) is 3.18. The lowest BCUT2D eigenvalue weighted by Crippen LogP contribution is -2.42. The Hall–Kier alpha value is -2.25. The van der Waals surface area contributed by atoms with Gasteiger partial charge in [-0.05, 0) is 23.3 Å². The third kappa shape index (κ3) is 3.17. The van der Waals surface area contributed by atoms with E-state index < -0.39 is 0 Å². The zero-order valence-electron chi connectivity index (χ0n) is 14.5. The van der Waals surface area contributed by atoms with E-state index in [2.05, 4.69) is 15.2 Å². The zero-order chi connectivity index (χ0) is 17.4. The minimum atomic E-state index is -0.268. The highest BCUT2D eigenvalue weighted by Gasteiger charge is 2.29. The van der Waals surface area contributed by atoms with Gasteiger partial charge in [-0.1, -0.05) is 19.9 Å². The number of carbonyl (C=O) groups is 1. The van der Waals surface area contributed by atoms with Gasteiger partial charge >= 0.3 is 0 Å². The number of morpholine rings is 1. The lowest BCUT2D eigenvalue weighted by atomic mass is 10.1. The highest BCUT2D eigenvalue weighted by molar-refractivity contribution is 5.94. The molecule has 3 heterocycles. The summed E-state index contributed by atoms with van der Waals surface area (Å²) in [5.41, 5.74) is 2.97. The van der Waals surface area contributed by atoms with E-state index in [1.165, 1.54) is 5.56 Å². The van der Waals surface area contributed by atoms with Gasteiger partial charge in [-0.2, -0.15) is 5.10 Å². The molecule has 4 rings (SSSR count). The molecule has 1 atom stereocenters. The Labute approximate surface area is 146 Å². The van der Waals surface area contributed by atoms with Crippen LogP contribution in [0.1, 0.15) is 59.0 Å². The summed E-state index contributed by atoms with van der Waals surface area (Å²) in [6.07, 6.45) is -0.268. The minimum Gasteiger partial charge on any atom is -0.372 e. The number of hydrogen-bond acceptors (Lipinski definition) is 5. The van der Waals surface area contributed by atoms with Crippen LogP contribution in [0.2, 0.25) is 0 Å². The Morgan fingerprint density at radius 2 is 2.16 bits per heavy atom. The van der Waals surface area contributed by atoms with E-state index in [9.17, 15) is 4.79 Å². The first-order valence-electron chi connectivity index (χ1n) is 8.64. The van der Waals surface area contributed by atoms with Crippen LogP contribution in [0.15, 0.2) is 18.2 Å². The van der Waals surface area contributed by atoms with E-state index in [-0.39, 0.29) is 17.9 Å². The van der Waals surface area contributed by atoms with Crippen LogP contribution in [0.25, 0.3) is 0 Å². The molecule has 7 nitrogen and oxygen atoms in total. The summed E-state index contributed by atoms with van der Waals surface area (Å²) in [5, 5.41) is 7.17. The monoisotopic (exact) mass is 342 g/mol. The lowest BCUT2D eigenvalue weighted by Gasteiger charge is -2.32. The van der Waals surface area contributed by atoms with E-state index in [1.807, 2.05) is 36.9 Å². The summed E-state index contributed by atoms with van der Waals surface area (Å²) in [6.45, 7) is 6.84. The quantitative estimate of drug-likeness (QED) is 0.925. The molecule has 2 aromatic rings. The van der Waals surface area contributed by atoms with Gasteiger partial charge in [-0.15, -0.1) is 0 Å². The molecule has 0 spiro atoms. The van der Waals surface area contributed by atoms with Gasteiger partial charge in [0.2, 0.25) is 0 Å². The topological polar surface area (TPSA) is 80.3 Å². The fourth-order valence-corrected chi connectivity index (χ4v) is 3.18. The zero-order valence-corrected chi connectivity index (χ0v) is 14.5. The highest BCUT2D eigenvalue weighted by Crippen LogP contribution is 2.24. The van der Waals surface area contributed by atoms with Crippen molar-refractivity contribution in [2.24, 2.45) is 0 Å². The predicted octanol–water partition coefficient (Wildman–Crippen LogP) is 2.17. The van der Waals surface area contributed by atoms with Gasteiger partial charge in [0, 0.05) is 18.0 Å². The molecule has 132 valence electrons. The first-order chi connectivity index (χ1) is 12.1. The molecular weight excluding hydrogens is 320 g/mol. The number of hydrogen-bond donors (Lipinski definition) is 1. The van der Waals surface area contributed by atoms with Crippen LogP contribution >= 0.6 is 0 Å². The molecule has 1 aromatic carbocycles. The Bertz CT molecular complexity index is 786. The molecule has 0 bridgehead atoms. The predicted molar refractivity (Wildman–Crippen MR) is 90.0 cm³/mol. The molecule has 1 N–H and O–H groups in total. The first kappa shape index (κ1) is 16.2. The molecule has 0 radical (unpaired) electrons. The maximum absolute atomic E-state index is 12.9. The number of ether oxygens (including phenoxy) is 2. The summed E-state index contributed by atoms with van der Waals surface area (Å²) in [4.78, 5) is 19.2. The van der Waals surface area contributed by atoms with E-state index >= 15 is 0 Å². The van der Waals surface area contributed by atoms with Crippen molar-refractivity contribution in [2.75, 3.05) is 19.7 Å². The number of benzene rings is 1. The smallest absolute Gasteiger partial charge is 0.254 e. The van der Waals surface area contributed by atoms with Crippen molar-refractivity contribution in [3.05, 3.63) is 46.5 Å². The molecule has 1 amide bonds. The number of aromatic nitrogens is 3. The Balaban J connectivity index is 1.49. The summed E-state index contributed by atoms with van der Waals surface area (Å²) in [6, 6.07) is 5.81. The van der Waals surface area contributed by atoms with Gasteiger partial charge in [-0.25, -0.2) is 4.98 Å². The first-order valence-corrected chi connectivity index (χ1v) is 8.64. The van der Waals surface area contributed by atoms with E-state index in [1.54, 1.807) is 0 Å². The maximum Gasteiger partial charge on any atom is 0.254 e. The Morgan fingerprint density at radius 1 is 1.32 bits per heavy atom. The molecule has 2 aliphatic rings. The van der Waals surface area contributed by atoms with Gasteiger partial charge < -0.3 is 14.4 Å². The van der Waals surface area contributed by atoms with Gasteiger partial charge in [0.15, 0.2) is 11.6 Å². The van der Waals surface area contributed by atoms with Gasteiger partial charge in [0.05, 0.1) is 26.4 Å². The lowest BCUT2D eigenvalue weighted by molar-refractivity contribution is -0.0266. The standard InChI is InChI=1S/C18H22N4O3/c1-11(2)16-19-17(21-20-16)15-8-22(5-6-25-15)18(23)12-3-4-13-9-24-10-14(13)7-12/h3-4,7,11,15H,5-6,8-10H2,1-2H3,(H,19,20,21)/t15-/m1/s1. The van der Waals surface area contributed by atoms with Gasteiger partial charge in [0.1, 0.15) is 6.10 Å². The van der Waals surface area contributed by atoms with E-state index in [4.69, 9.17) is 9.47 Å². The average molecular weight is 342 g/mol. The van der Waals surface area contributed by atoms with Crippen molar-refractivity contribution < 1.29 is 14.3 Å². The summed E-state index contributed by atoms with van der Waals surface area (Å²) < 4.78 is 11.2. The Kier molecular flexibility index (Phi) is 4.27. The molecule has 1 saturated heterocycles. The molecule has 1 aromatic heterocycles. The molecule has 0 aliphatic carbocycles. The number of H-pyrrole nitrogens is 1. The summed E-state index contributed by atoms with van der Waals surface area (Å²) in [7, 11) is 0. The second-order valence-electron chi connectivity index (χ2n) is 6.82. The summed E-state index contributed by atoms with van der Waals surface area (Å²) >= 11 is 0. The van der Waals surface area contributed by atoms with E-state index in [0.29, 0.717) is 44.3 Å². The van der Waals surface area contributed by atoms with Crippen LogP contribution < -0.4 is 0 Å². The largest absolute Gasteiger partial charge is 0.372 e. The van der Waals surface area contributed by atoms with Crippen LogP contribution in [-0.2, 0) is 22.7 Å². The normalized spacial score (nSPS) is 20.1. The number of fused-ring (bicyclic) bond motifs is 1. The van der Waals surface area contributed by atoms with E-state index in [0.717, 1.165) is 11.4 Å². The number of rotatable bonds is 3. The minimum absolute atomic E-state index is 0.0200. The fraction of sp³-hybridized carbons (Fsp3) is 0.500. The maximum atomic E-state index is 12.9. The molecule has 0 saturated carbocycles. The highest BCUT2D eigenvalue weighted by atomic mass is 16.5. The second kappa shape index (κ2) is 6.57. The summed E-state index contributed by atoms with van der Waals surface area (Å²) in [5.74, 6) is 1.72. The third-order valence-corrected chi connectivity index (χ3v) is 4.66. The van der Waals surface area contributed by atoms with Crippen molar-refractivity contribution in [2.45, 2.75) is 39.1 Å². The number of nitrogens with zero attached hydrogens (tertiary/aromatic N) is 3. The van der Waals surface area contributed by atoms with Crippen molar-refractivity contribution in [1.29, 1.82) is 0 Å². The van der Waals surface area contributed by atoms with Gasteiger partial charge in [-0.3, -0.25) is 9.89 Å². The molecular formula is C18H22N4O3. The van der Waals surface area contributed by atoms with Crippen molar-refractivity contribution >= 4 is 5.91 Å². The number of amides is 1. The SMILES string of the molecule is CC(C)c1n[nH]c([C@H]2CN(C(=O)c3ccc4c(c3)COC4)CCO2)n1. The molecule has 7 heteroatoms. The van der Waals surface area contributed by atoms with Crippen LogP contribution in [-0.4, -0.2) is 45.7 Å². The molecule has 1 fully saturated rings. The van der Waals surface area contributed by atoms with Crippen LogP contribution in [0.4, 0.5) is 0 Å². The molecule has 25 heavy (non-hydrogen) atoms. The third-order valence-electron chi connectivity index (χ3n) is 4.66. The number of carbonyl (C=O) groups excluding carboxylic acids is 1. The number of aromatic amines is 1. The molecule has 0 unspecified atom stereocenters. The van der Waals surface area contributed by atoms with Crippen LogP contribution in [0, 0.1) is 0 Å². The Morgan fingerprint density at radius 3 is 2.96 bits per heavy atom. The van der Waals surface area contributed by atoms with Crippen LogP contribution in [0.3, 0.4) is 0 Å². The van der Waals surface area contributed by atoms with Crippen LogP contribution in [0.5, 0.6) is 0 Å². The number of nitrogens with one attached hydrogen (secondary N) is 1. The average Bonchev–Trinajstić information content (AvgIpc) is 3.30. The van der Waals surface area contributed by atoms with Gasteiger partial charge in [0.25, 0.3) is 5.91 Å². The van der Waals surface area contributed by atoms with Crippen molar-refractivity contribution in [3.8, 4) is 0 Å². The van der Waals surface area contributed by atoms with Crippen molar-refractivity contribution in [1.82, 2.24) is 20.1 Å². The molecule has 2 aliphatic heterocycles.